The summed E-state index contributed by atoms with van der Waals surface area (Å²) < 4.78 is 11.6. The summed E-state index contributed by atoms with van der Waals surface area (Å²) in [5.41, 5.74) is 1.25. The Morgan fingerprint density at radius 3 is 2.62 bits per heavy atom. The molecule has 1 fully saturated rings. The summed E-state index contributed by atoms with van der Waals surface area (Å²) in [7, 11) is 1.99. The van der Waals surface area contributed by atoms with Crippen molar-refractivity contribution in [1.82, 2.24) is 5.32 Å². The minimum atomic E-state index is 0.248. The molecule has 3 atom stereocenters. The van der Waals surface area contributed by atoms with E-state index in [1.54, 1.807) is 0 Å². The highest BCUT2D eigenvalue weighted by Crippen LogP contribution is 2.27. The van der Waals surface area contributed by atoms with Crippen molar-refractivity contribution in [2.45, 2.75) is 51.7 Å². The van der Waals surface area contributed by atoms with Gasteiger partial charge in [0.1, 0.15) is 5.75 Å². The van der Waals surface area contributed by atoms with Gasteiger partial charge in [-0.1, -0.05) is 31.9 Å². The van der Waals surface area contributed by atoms with E-state index >= 15 is 0 Å². The van der Waals surface area contributed by atoms with Gasteiger partial charge in [-0.15, -0.1) is 0 Å². The second kappa shape index (κ2) is 8.40. The lowest BCUT2D eigenvalue weighted by atomic mass is 9.89. The highest BCUT2D eigenvalue weighted by atomic mass is 16.5. The normalized spacial score (nSPS) is 23.8. The fourth-order valence-corrected chi connectivity index (χ4v) is 3.07. The van der Waals surface area contributed by atoms with Crippen LogP contribution in [0.2, 0.25) is 0 Å². The quantitative estimate of drug-likeness (QED) is 0.825. The highest BCUT2D eigenvalue weighted by Gasteiger charge is 2.20. The number of ether oxygens (including phenoxy) is 2. The molecule has 1 aromatic carbocycles. The monoisotopic (exact) mass is 291 g/mol. The highest BCUT2D eigenvalue weighted by molar-refractivity contribution is 5.29. The molecule has 2 rings (SSSR count). The molecule has 1 aliphatic rings. The number of hydrogen-bond acceptors (Lipinski definition) is 3. The molecular formula is C18H29NO2. The van der Waals surface area contributed by atoms with Crippen LogP contribution in [0.15, 0.2) is 24.3 Å². The van der Waals surface area contributed by atoms with Crippen LogP contribution in [0.3, 0.4) is 0 Å². The van der Waals surface area contributed by atoms with E-state index in [-0.39, 0.29) is 6.04 Å². The fraction of sp³-hybridized carbons (Fsp3) is 0.667. The molecule has 0 spiro atoms. The Kier molecular flexibility index (Phi) is 6.52. The summed E-state index contributed by atoms with van der Waals surface area (Å²) in [6.07, 6.45) is 5.52. The third-order valence-electron chi connectivity index (χ3n) is 4.33. The van der Waals surface area contributed by atoms with Crippen LogP contribution < -0.4 is 10.1 Å². The molecule has 118 valence electrons. The van der Waals surface area contributed by atoms with Crippen LogP contribution in [0.25, 0.3) is 0 Å². The molecule has 1 aliphatic carbocycles. The van der Waals surface area contributed by atoms with Gasteiger partial charge < -0.3 is 14.8 Å². The summed E-state index contributed by atoms with van der Waals surface area (Å²) in [5.74, 6) is 1.74. The zero-order valence-corrected chi connectivity index (χ0v) is 13.6. The van der Waals surface area contributed by atoms with E-state index in [0.29, 0.717) is 12.7 Å². The van der Waals surface area contributed by atoms with Gasteiger partial charge in [-0.25, -0.2) is 0 Å². The maximum atomic E-state index is 6.14. The predicted molar refractivity (Wildman–Crippen MR) is 86.8 cm³/mol. The number of rotatable bonds is 7. The number of benzene rings is 1. The van der Waals surface area contributed by atoms with Crippen molar-refractivity contribution in [3.63, 3.8) is 0 Å². The largest absolute Gasteiger partial charge is 0.494 e. The van der Waals surface area contributed by atoms with Crippen molar-refractivity contribution < 1.29 is 9.47 Å². The zero-order valence-electron chi connectivity index (χ0n) is 13.6. The van der Waals surface area contributed by atoms with Crippen molar-refractivity contribution in [1.29, 1.82) is 0 Å². The number of hydrogen-bond donors (Lipinski definition) is 1. The lowest BCUT2D eigenvalue weighted by Gasteiger charge is -2.28. The first-order chi connectivity index (χ1) is 10.2. The second-order valence-electron chi connectivity index (χ2n) is 6.07. The van der Waals surface area contributed by atoms with Gasteiger partial charge in [0.25, 0.3) is 0 Å². The van der Waals surface area contributed by atoms with Gasteiger partial charge in [-0.2, -0.15) is 0 Å². The van der Waals surface area contributed by atoms with Gasteiger partial charge in [0.15, 0.2) is 0 Å². The van der Waals surface area contributed by atoms with Gasteiger partial charge in [-0.3, -0.25) is 0 Å². The van der Waals surface area contributed by atoms with Crippen molar-refractivity contribution >= 4 is 0 Å². The Balaban J connectivity index is 1.86. The molecule has 1 aromatic rings. The van der Waals surface area contributed by atoms with Crippen molar-refractivity contribution in [3.8, 4) is 5.75 Å². The van der Waals surface area contributed by atoms with Crippen molar-refractivity contribution in [2.75, 3.05) is 20.3 Å². The van der Waals surface area contributed by atoms with Crippen LogP contribution in [0, 0.1) is 5.92 Å². The molecule has 3 nitrogen and oxygen atoms in total. The van der Waals surface area contributed by atoms with Gasteiger partial charge in [0.2, 0.25) is 0 Å². The Morgan fingerprint density at radius 1 is 1.24 bits per heavy atom. The van der Waals surface area contributed by atoms with Gasteiger partial charge >= 0.3 is 0 Å². The molecule has 0 aromatic heterocycles. The Labute approximate surface area is 129 Å². The topological polar surface area (TPSA) is 30.5 Å². The zero-order chi connectivity index (χ0) is 15.1. The molecule has 3 heteroatoms. The lowest BCUT2D eigenvalue weighted by Crippen LogP contribution is -2.28. The minimum Gasteiger partial charge on any atom is -0.494 e. The molecule has 0 bridgehead atoms. The Hall–Kier alpha value is -1.06. The van der Waals surface area contributed by atoms with Gasteiger partial charge in [-0.05, 0) is 50.4 Å². The maximum Gasteiger partial charge on any atom is 0.119 e. The minimum absolute atomic E-state index is 0.248. The van der Waals surface area contributed by atoms with E-state index in [2.05, 4.69) is 24.4 Å². The van der Waals surface area contributed by atoms with E-state index in [1.165, 1.54) is 31.2 Å². The second-order valence-corrected chi connectivity index (χ2v) is 6.07. The number of nitrogens with one attached hydrogen (secondary N) is 1. The standard InChI is InChI=1S/C18H29NO2/c1-4-20-16-10-8-15(9-11-16)18(19-3)13-21-17-7-5-6-14(2)12-17/h8-11,14,17-19H,4-7,12-13H2,1-3H3. The van der Waals surface area contributed by atoms with Crippen LogP contribution in [0.1, 0.15) is 51.1 Å². The maximum absolute atomic E-state index is 6.14. The first-order valence-electron chi connectivity index (χ1n) is 8.24. The Morgan fingerprint density at radius 2 is 2.00 bits per heavy atom. The summed E-state index contributed by atoms with van der Waals surface area (Å²) in [6.45, 7) is 5.78. The third-order valence-corrected chi connectivity index (χ3v) is 4.33. The molecular weight excluding hydrogens is 262 g/mol. The first kappa shape index (κ1) is 16.3. The summed E-state index contributed by atoms with van der Waals surface area (Å²) in [5, 5.41) is 3.35. The molecule has 0 heterocycles. The van der Waals surface area contributed by atoms with Crippen LogP contribution >= 0.6 is 0 Å². The van der Waals surface area contributed by atoms with Crippen LogP contribution in [0.5, 0.6) is 5.75 Å². The first-order valence-corrected chi connectivity index (χ1v) is 8.24. The van der Waals surface area contributed by atoms with Crippen LogP contribution in [0.4, 0.5) is 0 Å². The molecule has 1 saturated carbocycles. The average Bonchev–Trinajstić information content (AvgIpc) is 2.50. The summed E-state index contributed by atoms with van der Waals surface area (Å²) in [4.78, 5) is 0. The molecule has 0 radical (unpaired) electrons. The third kappa shape index (κ3) is 5.01. The van der Waals surface area contributed by atoms with Gasteiger partial charge in [0, 0.05) is 0 Å². The summed E-state index contributed by atoms with van der Waals surface area (Å²) in [6, 6.07) is 8.56. The summed E-state index contributed by atoms with van der Waals surface area (Å²) >= 11 is 0. The molecule has 0 aliphatic heterocycles. The lowest BCUT2D eigenvalue weighted by molar-refractivity contribution is 0.00487. The fourth-order valence-electron chi connectivity index (χ4n) is 3.07. The predicted octanol–water partition coefficient (Wildman–Crippen LogP) is 3.94. The SMILES string of the molecule is CCOc1ccc(C(COC2CCCC(C)C2)NC)cc1. The van der Waals surface area contributed by atoms with Gasteiger partial charge in [0.05, 0.1) is 25.4 Å². The van der Waals surface area contributed by atoms with E-state index in [0.717, 1.165) is 18.3 Å². The van der Waals surface area contributed by atoms with Crippen LogP contribution in [-0.2, 0) is 4.74 Å². The van der Waals surface area contributed by atoms with Crippen molar-refractivity contribution in [2.24, 2.45) is 5.92 Å². The van der Waals surface area contributed by atoms with E-state index in [1.807, 2.05) is 26.1 Å². The molecule has 0 saturated heterocycles. The van der Waals surface area contributed by atoms with Crippen molar-refractivity contribution in [3.05, 3.63) is 29.8 Å². The number of likely N-dealkylation sites (N-methyl/N-ethyl adjacent to an activating group) is 1. The Bertz CT molecular complexity index is 404. The smallest absolute Gasteiger partial charge is 0.119 e. The molecule has 1 N–H and O–H groups in total. The molecule has 21 heavy (non-hydrogen) atoms. The van der Waals surface area contributed by atoms with E-state index in [4.69, 9.17) is 9.47 Å². The van der Waals surface area contributed by atoms with E-state index in [9.17, 15) is 0 Å². The van der Waals surface area contributed by atoms with Crippen LogP contribution in [-0.4, -0.2) is 26.4 Å². The average molecular weight is 291 g/mol. The van der Waals surface area contributed by atoms with E-state index < -0.39 is 0 Å². The molecule has 3 unspecified atom stereocenters. The molecule has 0 amide bonds.